The molecule has 1 heterocycles. The molecule has 0 amide bonds. The van der Waals surface area contributed by atoms with Gasteiger partial charge >= 0.3 is 0 Å². The lowest BCUT2D eigenvalue weighted by Crippen LogP contribution is -2.46. The third kappa shape index (κ3) is 10.4. The number of nitrogens with one attached hydrogen (secondary N) is 2. The smallest absolute Gasteiger partial charge is 0.191 e. The molecule has 23 heavy (non-hydrogen) atoms. The van der Waals surface area contributed by atoms with Gasteiger partial charge in [0.15, 0.2) is 5.96 Å². The largest absolute Gasteiger partial charge is 0.383 e. The van der Waals surface area contributed by atoms with E-state index in [0.29, 0.717) is 18.6 Å². The van der Waals surface area contributed by atoms with E-state index in [2.05, 4.69) is 36.3 Å². The van der Waals surface area contributed by atoms with E-state index in [9.17, 15) is 0 Å². The first-order valence-corrected chi connectivity index (χ1v) is 8.50. The van der Waals surface area contributed by atoms with Gasteiger partial charge < -0.3 is 20.1 Å². The van der Waals surface area contributed by atoms with Crippen molar-refractivity contribution in [1.29, 1.82) is 0 Å². The Kier molecular flexibility index (Phi) is 14.2. The van der Waals surface area contributed by atoms with Gasteiger partial charge in [-0.05, 0) is 19.3 Å². The highest BCUT2D eigenvalue weighted by molar-refractivity contribution is 14.0. The molecule has 1 unspecified atom stereocenters. The van der Waals surface area contributed by atoms with E-state index in [1.165, 1.54) is 6.42 Å². The predicted molar refractivity (Wildman–Crippen MR) is 107 cm³/mol. The number of hydrogen-bond acceptors (Lipinski definition) is 4. The highest BCUT2D eigenvalue weighted by Gasteiger charge is 2.21. The van der Waals surface area contributed by atoms with E-state index >= 15 is 0 Å². The lowest BCUT2D eigenvalue weighted by atomic mass is 10.0. The van der Waals surface area contributed by atoms with Gasteiger partial charge in [-0.25, -0.2) is 0 Å². The topological polar surface area (TPSA) is 58.1 Å². The van der Waals surface area contributed by atoms with Crippen LogP contribution in [0.25, 0.3) is 0 Å². The van der Waals surface area contributed by atoms with Crippen molar-refractivity contribution in [2.75, 3.05) is 59.7 Å². The molecule has 1 rings (SSSR count). The number of halogens is 1. The van der Waals surface area contributed by atoms with Crippen LogP contribution in [0.3, 0.4) is 0 Å². The fraction of sp³-hybridized carbons (Fsp3) is 0.938. The molecule has 0 saturated carbocycles. The average Bonchev–Trinajstić information content (AvgIpc) is 2.52. The molecule has 0 bridgehead atoms. The van der Waals surface area contributed by atoms with Crippen LogP contribution >= 0.6 is 24.0 Å². The molecule has 1 atom stereocenters. The molecule has 2 N–H and O–H groups in total. The van der Waals surface area contributed by atoms with Crippen LogP contribution in [0.5, 0.6) is 0 Å². The molecule has 0 radical (unpaired) electrons. The molecule has 138 valence electrons. The summed E-state index contributed by atoms with van der Waals surface area (Å²) < 4.78 is 10.5. The normalized spacial score (nSPS) is 17.7. The number of hydrogen-bond donors (Lipinski definition) is 2. The van der Waals surface area contributed by atoms with Crippen molar-refractivity contribution in [3.05, 3.63) is 0 Å². The van der Waals surface area contributed by atoms with E-state index in [1.54, 1.807) is 7.11 Å². The van der Waals surface area contributed by atoms with Crippen molar-refractivity contribution in [3.63, 3.8) is 0 Å². The van der Waals surface area contributed by atoms with Crippen molar-refractivity contribution < 1.29 is 9.47 Å². The summed E-state index contributed by atoms with van der Waals surface area (Å²) in [5.41, 5.74) is 0. The van der Waals surface area contributed by atoms with Crippen LogP contribution in [0.1, 0.15) is 27.2 Å². The molecule has 1 aliphatic heterocycles. The molecule has 7 heteroatoms. The number of guanidine groups is 1. The third-order valence-electron chi connectivity index (χ3n) is 3.71. The second-order valence-electron chi connectivity index (χ2n) is 6.07. The van der Waals surface area contributed by atoms with Crippen LogP contribution in [0, 0.1) is 5.92 Å². The molecule has 0 aliphatic carbocycles. The maximum absolute atomic E-state index is 5.47. The summed E-state index contributed by atoms with van der Waals surface area (Å²) in [5, 5.41) is 6.60. The molecule has 1 aliphatic rings. The zero-order valence-corrected chi connectivity index (χ0v) is 17.5. The highest BCUT2D eigenvalue weighted by atomic mass is 127. The summed E-state index contributed by atoms with van der Waals surface area (Å²) in [6.07, 6.45) is 1.17. The van der Waals surface area contributed by atoms with Gasteiger partial charge in [-0.3, -0.25) is 9.89 Å². The number of ether oxygens (including phenoxy) is 2. The van der Waals surface area contributed by atoms with Crippen LogP contribution in [0.4, 0.5) is 0 Å². The Balaban J connectivity index is 0.00000484. The quantitative estimate of drug-likeness (QED) is 0.246. The standard InChI is InChI=1S/C16H34N4O2.HI/c1-5-17-16(18-6-9-21-4)19-13-15(12-14(2)3)20-7-10-22-11-8-20;/h14-15H,5-13H2,1-4H3,(H2,17,18,19);1H. The van der Waals surface area contributed by atoms with Crippen LogP contribution in [-0.2, 0) is 9.47 Å². The molecule has 0 aromatic carbocycles. The van der Waals surface area contributed by atoms with Gasteiger partial charge in [-0.15, -0.1) is 24.0 Å². The summed E-state index contributed by atoms with van der Waals surface area (Å²) in [4.78, 5) is 7.29. The zero-order valence-electron chi connectivity index (χ0n) is 15.1. The first kappa shape index (κ1) is 22.9. The minimum absolute atomic E-state index is 0. The lowest BCUT2D eigenvalue weighted by molar-refractivity contribution is 0.0143. The van der Waals surface area contributed by atoms with E-state index < -0.39 is 0 Å². The van der Waals surface area contributed by atoms with Gasteiger partial charge in [0, 0.05) is 39.3 Å². The molecule has 0 spiro atoms. The van der Waals surface area contributed by atoms with Crippen molar-refractivity contribution in [2.24, 2.45) is 10.9 Å². The Hall–Kier alpha value is -0.120. The summed E-state index contributed by atoms with van der Waals surface area (Å²) in [6.45, 7) is 13.5. The highest BCUT2D eigenvalue weighted by Crippen LogP contribution is 2.14. The monoisotopic (exact) mass is 442 g/mol. The molecule has 1 fully saturated rings. The second kappa shape index (κ2) is 14.2. The van der Waals surface area contributed by atoms with Crippen molar-refractivity contribution >= 4 is 29.9 Å². The maximum atomic E-state index is 5.47. The van der Waals surface area contributed by atoms with Crippen LogP contribution in [0.15, 0.2) is 4.99 Å². The average molecular weight is 442 g/mol. The number of rotatable bonds is 9. The van der Waals surface area contributed by atoms with Gasteiger partial charge in [-0.2, -0.15) is 0 Å². The Bertz CT molecular complexity index is 310. The fourth-order valence-electron chi connectivity index (χ4n) is 2.64. The Morgan fingerprint density at radius 3 is 2.52 bits per heavy atom. The summed E-state index contributed by atoms with van der Waals surface area (Å²) >= 11 is 0. The molecule has 6 nitrogen and oxygen atoms in total. The van der Waals surface area contributed by atoms with Crippen LogP contribution < -0.4 is 10.6 Å². The van der Waals surface area contributed by atoms with Gasteiger partial charge in [0.1, 0.15) is 0 Å². The molecule has 0 aromatic heterocycles. The minimum atomic E-state index is 0. The summed E-state index contributed by atoms with van der Waals surface area (Å²) in [6, 6.07) is 0.488. The van der Waals surface area contributed by atoms with Crippen molar-refractivity contribution in [1.82, 2.24) is 15.5 Å². The number of methoxy groups -OCH3 is 1. The second-order valence-corrected chi connectivity index (χ2v) is 6.07. The van der Waals surface area contributed by atoms with Crippen molar-refractivity contribution in [3.8, 4) is 0 Å². The summed E-state index contributed by atoms with van der Waals surface area (Å²) in [5.74, 6) is 1.55. The number of morpholine rings is 1. The summed E-state index contributed by atoms with van der Waals surface area (Å²) in [7, 11) is 1.71. The van der Waals surface area contributed by atoms with Crippen LogP contribution in [-0.4, -0.2) is 76.6 Å². The van der Waals surface area contributed by atoms with E-state index in [4.69, 9.17) is 14.5 Å². The first-order valence-electron chi connectivity index (χ1n) is 8.50. The minimum Gasteiger partial charge on any atom is -0.383 e. The Labute approximate surface area is 158 Å². The molecule has 1 saturated heterocycles. The predicted octanol–water partition coefficient (Wildman–Crippen LogP) is 1.55. The lowest BCUT2D eigenvalue weighted by Gasteiger charge is -2.34. The molecular formula is C16H35IN4O2. The molecular weight excluding hydrogens is 407 g/mol. The SMILES string of the molecule is CCNC(=NCC(CC(C)C)N1CCOCC1)NCCOC.I. The Morgan fingerprint density at radius 1 is 1.26 bits per heavy atom. The van der Waals surface area contributed by atoms with Crippen LogP contribution in [0.2, 0.25) is 0 Å². The number of aliphatic imine (C=N–C) groups is 1. The van der Waals surface area contributed by atoms with E-state index in [1.807, 2.05) is 0 Å². The van der Waals surface area contributed by atoms with Gasteiger partial charge in [0.25, 0.3) is 0 Å². The molecule has 0 aromatic rings. The van der Waals surface area contributed by atoms with Crippen molar-refractivity contribution in [2.45, 2.75) is 33.2 Å². The van der Waals surface area contributed by atoms with E-state index in [0.717, 1.165) is 51.9 Å². The van der Waals surface area contributed by atoms with Gasteiger partial charge in [0.2, 0.25) is 0 Å². The Morgan fingerprint density at radius 2 is 1.96 bits per heavy atom. The first-order chi connectivity index (χ1) is 10.7. The number of nitrogens with zero attached hydrogens (tertiary/aromatic N) is 2. The zero-order chi connectivity index (χ0) is 16.2. The van der Waals surface area contributed by atoms with E-state index in [-0.39, 0.29) is 24.0 Å². The fourth-order valence-corrected chi connectivity index (χ4v) is 2.64. The third-order valence-corrected chi connectivity index (χ3v) is 3.71. The van der Waals surface area contributed by atoms with Gasteiger partial charge in [0.05, 0.1) is 26.4 Å². The van der Waals surface area contributed by atoms with Gasteiger partial charge in [-0.1, -0.05) is 13.8 Å². The maximum Gasteiger partial charge on any atom is 0.191 e.